The van der Waals surface area contributed by atoms with E-state index in [0.717, 1.165) is 43.5 Å². The minimum atomic E-state index is -0.0870. The Morgan fingerprint density at radius 1 is 1.33 bits per heavy atom. The summed E-state index contributed by atoms with van der Waals surface area (Å²) < 4.78 is 9.35. The van der Waals surface area contributed by atoms with Gasteiger partial charge in [0, 0.05) is 19.6 Å². The fourth-order valence-electron chi connectivity index (χ4n) is 2.90. The first-order valence-electron chi connectivity index (χ1n) is 8.25. The molecule has 0 bridgehead atoms. The number of rotatable bonds is 6. The van der Waals surface area contributed by atoms with Crippen molar-refractivity contribution in [3.8, 4) is 0 Å². The average molecular weight is 346 g/mol. The fraction of sp³-hybridized carbons (Fsp3) is 0.471. The fourth-order valence-corrected chi connectivity index (χ4v) is 3.57. The van der Waals surface area contributed by atoms with E-state index in [-0.39, 0.29) is 11.9 Å². The molecular weight excluding hydrogens is 324 g/mol. The second-order valence-corrected chi connectivity index (χ2v) is 6.44. The Hall–Kier alpha value is -1.83. The summed E-state index contributed by atoms with van der Waals surface area (Å²) >= 11 is 1.16. The summed E-state index contributed by atoms with van der Waals surface area (Å²) in [5, 5.41) is 7.08. The highest BCUT2D eigenvalue weighted by atomic mass is 32.1. The summed E-state index contributed by atoms with van der Waals surface area (Å²) in [5.74, 6) is -0.0870. The van der Waals surface area contributed by atoms with Gasteiger partial charge in [0.05, 0.1) is 24.9 Å². The minimum absolute atomic E-state index is 0.0870. The largest absolute Gasteiger partial charge is 0.379 e. The van der Waals surface area contributed by atoms with Crippen LogP contribution in [0.4, 0.5) is 0 Å². The number of nitrogens with zero attached hydrogens (tertiary/aromatic N) is 3. The number of benzene rings is 1. The number of aromatic nitrogens is 2. The lowest BCUT2D eigenvalue weighted by atomic mass is 10.0. The topological polar surface area (TPSA) is 67.4 Å². The number of amides is 1. The third-order valence-corrected chi connectivity index (χ3v) is 4.99. The van der Waals surface area contributed by atoms with Crippen LogP contribution in [0.3, 0.4) is 0 Å². The van der Waals surface area contributed by atoms with Crippen LogP contribution in [0.5, 0.6) is 0 Å². The van der Waals surface area contributed by atoms with Gasteiger partial charge in [-0.05, 0) is 23.5 Å². The van der Waals surface area contributed by atoms with E-state index in [1.165, 1.54) is 5.56 Å². The first-order valence-corrected chi connectivity index (χ1v) is 9.03. The third-order valence-electron chi connectivity index (χ3n) is 4.22. The number of nitrogens with one attached hydrogen (secondary N) is 1. The van der Waals surface area contributed by atoms with Gasteiger partial charge < -0.3 is 10.1 Å². The van der Waals surface area contributed by atoms with Gasteiger partial charge in [0.1, 0.15) is 4.88 Å². The van der Waals surface area contributed by atoms with Gasteiger partial charge in [-0.25, -0.2) is 0 Å². The number of hydrogen-bond acceptors (Lipinski definition) is 6. The second kappa shape index (κ2) is 8.32. The normalized spacial score (nSPS) is 16.7. The Morgan fingerprint density at radius 3 is 2.79 bits per heavy atom. The highest BCUT2D eigenvalue weighted by molar-refractivity contribution is 7.08. The molecule has 1 atom stereocenters. The van der Waals surface area contributed by atoms with Crippen LogP contribution in [0, 0.1) is 0 Å². The van der Waals surface area contributed by atoms with E-state index in [0.29, 0.717) is 17.8 Å². The number of carbonyl (C=O) groups excluding carboxylic acids is 1. The van der Waals surface area contributed by atoms with E-state index < -0.39 is 0 Å². The quantitative estimate of drug-likeness (QED) is 0.865. The van der Waals surface area contributed by atoms with Crippen LogP contribution in [-0.2, 0) is 11.2 Å². The molecule has 6 nitrogen and oxygen atoms in total. The Bertz CT molecular complexity index is 656. The summed E-state index contributed by atoms with van der Waals surface area (Å²) in [6, 6.07) is 10.4. The van der Waals surface area contributed by atoms with Gasteiger partial charge in [-0.2, -0.15) is 0 Å². The number of ether oxygens (including phenoxy) is 1. The van der Waals surface area contributed by atoms with Gasteiger partial charge in [-0.3, -0.25) is 9.69 Å². The standard InChI is InChI=1S/C17H22N4O2S/c1-2-14-16(24-20-19-14)17(22)18-12-15(13-6-4-3-5-7-13)21-8-10-23-11-9-21/h3-7,15H,2,8-12H2,1H3,(H,18,22)/t15-/m1/s1. The first kappa shape index (κ1) is 17.0. The van der Waals surface area contributed by atoms with Crippen molar-refractivity contribution in [2.45, 2.75) is 19.4 Å². The lowest BCUT2D eigenvalue weighted by Crippen LogP contribution is -2.43. The summed E-state index contributed by atoms with van der Waals surface area (Å²) in [7, 11) is 0. The molecule has 2 aromatic rings. The Morgan fingerprint density at radius 2 is 2.08 bits per heavy atom. The van der Waals surface area contributed by atoms with Crippen molar-refractivity contribution in [1.82, 2.24) is 19.8 Å². The van der Waals surface area contributed by atoms with Gasteiger partial charge >= 0.3 is 0 Å². The van der Waals surface area contributed by atoms with Gasteiger partial charge in [0.2, 0.25) is 0 Å². The van der Waals surface area contributed by atoms with E-state index in [1.54, 1.807) is 0 Å². The molecule has 1 aliphatic heterocycles. The van der Waals surface area contributed by atoms with Crippen LogP contribution in [0.2, 0.25) is 0 Å². The number of hydrogen-bond donors (Lipinski definition) is 1. The number of morpholine rings is 1. The van der Waals surface area contributed by atoms with Crippen LogP contribution in [0.15, 0.2) is 30.3 Å². The molecule has 1 fully saturated rings. The predicted octanol–water partition coefficient (Wildman–Crippen LogP) is 1.90. The minimum Gasteiger partial charge on any atom is -0.379 e. The van der Waals surface area contributed by atoms with Crippen molar-refractivity contribution in [2.24, 2.45) is 0 Å². The summed E-state index contributed by atoms with van der Waals surface area (Å²) in [5.41, 5.74) is 1.97. The second-order valence-electron chi connectivity index (χ2n) is 5.69. The molecule has 1 aromatic heterocycles. The monoisotopic (exact) mass is 346 g/mol. The van der Waals surface area contributed by atoms with Crippen LogP contribution in [-0.4, -0.2) is 53.2 Å². The van der Waals surface area contributed by atoms with Crippen LogP contribution in [0.25, 0.3) is 0 Å². The molecule has 1 saturated heterocycles. The van der Waals surface area contributed by atoms with Gasteiger partial charge in [0.15, 0.2) is 0 Å². The van der Waals surface area contributed by atoms with E-state index in [9.17, 15) is 4.79 Å². The van der Waals surface area contributed by atoms with E-state index in [4.69, 9.17) is 4.74 Å². The van der Waals surface area contributed by atoms with Crippen molar-refractivity contribution >= 4 is 17.4 Å². The molecule has 0 spiro atoms. The summed E-state index contributed by atoms with van der Waals surface area (Å²) in [6.45, 7) is 5.75. The van der Waals surface area contributed by atoms with Gasteiger partial charge in [0.25, 0.3) is 5.91 Å². The third kappa shape index (κ3) is 3.98. The number of aryl methyl sites for hydroxylation is 1. The molecule has 0 radical (unpaired) electrons. The molecule has 128 valence electrons. The predicted molar refractivity (Wildman–Crippen MR) is 93.2 cm³/mol. The molecule has 7 heteroatoms. The van der Waals surface area contributed by atoms with Crippen molar-refractivity contribution in [3.63, 3.8) is 0 Å². The van der Waals surface area contributed by atoms with Crippen LogP contribution in [0.1, 0.15) is 33.9 Å². The zero-order valence-electron chi connectivity index (χ0n) is 13.8. The Kier molecular flexibility index (Phi) is 5.90. The first-order chi connectivity index (χ1) is 11.8. The molecule has 3 rings (SSSR count). The smallest absolute Gasteiger partial charge is 0.265 e. The molecule has 0 aliphatic carbocycles. The highest BCUT2D eigenvalue weighted by Gasteiger charge is 2.24. The zero-order chi connectivity index (χ0) is 16.8. The van der Waals surface area contributed by atoms with Crippen LogP contribution >= 0.6 is 11.5 Å². The molecule has 0 saturated carbocycles. The Labute approximate surface area is 146 Å². The lowest BCUT2D eigenvalue weighted by molar-refractivity contribution is 0.0162. The van der Waals surface area contributed by atoms with Crippen molar-refractivity contribution in [1.29, 1.82) is 0 Å². The molecule has 1 aromatic carbocycles. The molecule has 1 amide bonds. The zero-order valence-corrected chi connectivity index (χ0v) is 14.6. The van der Waals surface area contributed by atoms with Crippen LogP contribution < -0.4 is 5.32 Å². The van der Waals surface area contributed by atoms with E-state index in [1.807, 2.05) is 25.1 Å². The molecule has 24 heavy (non-hydrogen) atoms. The van der Waals surface area contributed by atoms with E-state index in [2.05, 4.69) is 31.9 Å². The van der Waals surface area contributed by atoms with Crippen molar-refractivity contribution in [2.75, 3.05) is 32.8 Å². The molecular formula is C17H22N4O2S. The van der Waals surface area contributed by atoms with Crippen molar-refractivity contribution < 1.29 is 9.53 Å². The number of carbonyl (C=O) groups is 1. The van der Waals surface area contributed by atoms with E-state index >= 15 is 0 Å². The summed E-state index contributed by atoms with van der Waals surface area (Å²) in [4.78, 5) is 15.5. The maximum Gasteiger partial charge on any atom is 0.265 e. The molecule has 2 heterocycles. The molecule has 1 aliphatic rings. The Balaban J connectivity index is 1.71. The van der Waals surface area contributed by atoms with Gasteiger partial charge in [-0.15, -0.1) is 5.10 Å². The lowest BCUT2D eigenvalue weighted by Gasteiger charge is -2.34. The highest BCUT2D eigenvalue weighted by Crippen LogP contribution is 2.21. The van der Waals surface area contributed by atoms with Gasteiger partial charge in [-0.1, -0.05) is 41.7 Å². The average Bonchev–Trinajstić information content (AvgIpc) is 3.12. The maximum atomic E-state index is 12.5. The summed E-state index contributed by atoms with van der Waals surface area (Å²) in [6.07, 6.45) is 0.713. The SMILES string of the molecule is CCc1nnsc1C(=O)NC[C@H](c1ccccc1)N1CCOCC1. The molecule has 0 unspecified atom stereocenters. The maximum absolute atomic E-state index is 12.5. The molecule has 1 N–H and O–H groups in total. The van der Waals surface area contributed by atoms with Crippen molar-refractivity contribution in [3.05, 3.63) is 46.5 Å².